The molecule has 2 saturated heterocycles. The molecule has 3 heteroatoms. The van der Waals surface area contributed by atoms with Crippen LogP contribution < -0.4 is 0 Å². The fraction of sp³-hybridized carbons (Fsp3) is 1.00. The van der Waals surface area contributed by atoms with Crippen molar-refractivity contribution in [3.8, 4) is 0 Å². The van der Waals surface area contributed by atoms with E-state index < -0.39 is 0 Å². The van der Waals surface area contributed by atoms with Crippen LogP contribution >= 0.6 is 0 Å². The zero-order valence-electron chi connectivity index (χ0n) is 11.0. The fourth-order valence-electron chi connectivity index (χ4n) is 4.01. The molecule has 2 aliphatic heterocycles. The highest BCUT2D eigenvalue weighted by Gasteiger charge is 2.52. The Morgan fingerprint density at radius 2 is 1.94 bits per heavy atom. The molecule has 98 valence electrons. The average molecular weight is 240 g/mol. The predicted molar refractivity (Wildman–Crippen MR) is 64.2 cm³/mol. The van der Waals surface area contributed by atoms with Crippen LogP contribution in [0.4, 0.5) is 0 Å². The molecule has 0 bridgehead atoms. The van der Waals surface area contributed by atoms with E-state index in [1.165, 1.54) is 25.7 Å². The second-order valence-corrected chi connectivity index (χ2v) is 6.77. The number of fused-ring (bicyclic) bond motifs is 1. The maximum Gasteiger partial charge on any atom is 0.196 e. The zero-order valence-corrected chi connectivity index (χ0v) is 11.0. The van der Waals surface area contributed by atoms with Gasteiger partial charge in [0, 0.05) is 5.41 Å². The van der Waals surface area contributed by atoms with Crippen LogP contribution in [0.1, 0.15) is 58.8 Å². The van der Waals surface area contributed by atoms with Gasteiger partial charge in [0.1, 0.15) is 5.60 Å². The van der Waals surface area contributed by atoms with E-state index in [1.807, 2.05) is 0 Å². The summed E-state index contributed by atoms with van der Waals surface area (Å²) in [5, 5.41) is 0. The van der Waals surface area contributed by atoms with Crippen molar-refractivity contribution in [1.29, 1.82) is 0 Å². The first-order valence-corrected chi connectivity index (χ1v) is 7.06. The van der Waals surface area contributed by atoms with E-state index >= 15 is 0 Å². The van der Waals surface area contributed by atoms with Gasteiger partial charge in [0.25, 0.3) is 0 Å². The lowest BCUT2D eigenvalue weighted by atomic mass is 9.74. The summed E-state index contributed by atoms with van der Waals surface area (Å²) in [7, 11) is 0. The first-order chi connectivity index (χ1) is 8.10. The third-order valence-electron chi connectivity index (χ3n) is 4.82. The molecule has 1 aliphatic carbocycles. The summed E-state index contributed by atoms with van der Waals surface area (Å²) >= 11 is 0. The zero-order chi connectivity index (χ0) is 11.9. The van der Waals surface area contributed by atoms with E-state index in [1.54, 1.807) is 0 Å². The first-order valence-electron chi connectivity index (χ1n) is 7.06. The number of hydrogen-bond donors (Lipinski definition) is 0. The minimum atomic E-state index is -0.140. The van der Waals surface area contributed by atoms with Gasteiger partial charge in [-0.2, -0.15) is 0 Å². The minimum Gasteiger partial charge on any atom is -0.349 e. The molecule has 0 aromatic heterocycles. The quantitative estimate of drug-likeness (QED) is 0.692. The first kappa shape index (κ1) is 11.9. The van der Waals surface area contributed by atoms with Gasteiger partial charge in [0.2, 0.25) is 0 Å². The monoisotopic (exact) mass is 240 g/mol. The smallest absolute Gasteiger partial charge is 0.196 e. The molecule has 17 heavy (non-hydrogen) atoms. The third kappa shape index (κ3) is 2.25. The molecular formula is C14H24O3. The maximum atomic E-state index is 5.68. The SMILES string of the molecule is CC1(CC2CCCC2)C[C@]2(C)CCO[C@@H]2OO1. The van der Waals surface area contributed by atoms with Crippen LogP contribution in [0, 0.1) is 11.3 Å². The van der Waals surface area contributed by atoms with E-state index in [0.29, 0.717) is 0 Å². The Morgan fingerprint density at radius 3 is 2.71 bits per heavy atom. The Kier molecular flexibility index (Phi) is 2.96. The molecule has 2 heterocycles. The second-order valence-electron chi connectivity index (χ2n) is 6.77. The van der Waals surface area contributed by atoms with E-state index in [9.17, 15) is 0 Å². The molecule has 0 amide bonds. The van der Waals surface area contributed by atoms with E-state index in [-0.39, 0.29) is 17.3 Å². The van der Waals surface area contributed by atoms with E-state index in [2.05, 4.69) is 13.8 Å². The van der Waals surface area contributed by atoms with Gasteiger partial charge in [-0.25, -0.2) is 9.78 Å². The summed E-state index contributed by atoms with van der Waals surface area (Å²) < 4.78 is 5.58. The molecule has 3 aliphatic rings. The molecule has 3 nitrogen and oxygen atoms in total. The van der Waals surface area contributed by atoms with Crippen molar-refractivity contribution in [2.45, 2.75) is 70.7 Å². The van der Waals surface area contributed by atoms with Crippen LogP contribution in [0.5, 0.6) is 0 Å². The van der Waals surface area contributed by atoms with Gasteiger partial charge in [-0.3, -0.25) is 0 Å². The molecule has 3 atom stereocenters. The van der Waals surface area contributed by atoms with Crippen LogP contribution in [-0.2, 0) is 14.5 Å². The Morgan fingerprint density at radius 1 is 1.18 bits per heavy atom. The number of hydrogen-bond acceptors (Lipinski definition) is 3. The summed E-state index contributed by atoms with van der Waals surface area (Å²) in [6.07, 6.45) is 8.71. The molecule has 1 saturated carbocycles. The highest BCUT2D eigenvalue weighted by Crippen LogP contribution is 2.49. The molecular weight excluding hydrogens is 216 g/mol. The topological polar surface area (TPSA) is 27.7 Å². The van der Waals surface area contributed by atoms with Gasteiger partial charge >= 0.3 is 0 Å². The van der Waals surface area contributed by atoms with Gasteiger partial charge in [-0.1, -0.05) is 32.6 Å². The summed E-state index contributed by atoms with van der Waals surface area (Å²) in [6.45, 7) is 5.30. The van der Waals surface area contributed by atoms with Crippen LogP contribution in [0.25, 0.3) is 0 Å². The normalized spacial score (nSPS) is 47.3. The van der Waals surface area contributed by atoms with Gasteiger partial charge in [-0.15, -0.1) is 0 Å². The highest BCUT2D eigenvalue weighted by molar-refractivity contribution is 4.94. The molecule has 0 aromatic rings. The van der Waals surface area contributed by atoms with Crippen LogP contribution in [0.15, 0.2) is 0 Å². The highest BCUT2D eigenvalue weighted by atomic mass is 17.2. The van der Waals surface area contributed by atoms with Crippen molar-refractivity contribution in [3.63, 3.8) is 0 Å². The molecule has 0 radical (unpaired) electrons. The molecule has 0 aromatic carbocycles. The van der Waals surface area contributed by atoms with Crippen molar-refractivity contribution in [2.75, 3.05) is 6.61 Å². The summed E-state index contributed by atoms with van der Waals surface area (Å²) in [5.41, 5.74) is 0.0551. The molecule has 0 N–H and O–H groups in total. The molecule has 3 rings (SSSR count). The Labute approximate surface area is 104 Å². The second kappa shape index (κ2) is 4.22. The van der Waals surface area contributed by atoms with E-state index in [0.717, 1.165) is 31.8 Å². The van der Waals surface area contributed by atoms with Crippen LogP contribution in [0.2, 0.25) is 0 Å². The molecule has 3 fully saturated rings. The third-order valence-corrected chi connectivity index (χ3v) is 4.82. The van der Waals surface area contributed by atoms with Crippen molar-refractivity contribution in [2.24, 2.45) is 11.3 Å². The van der Waals surface area contributed by atoms with Gasteiger partial charge in [0.15, 0.2) is 6.29 Å². The van der Waals surface area contributed by atoms with Crippen molar-refractivity contribution in [1.82, 2.24) is 0 Å². The Hall–Kier alpha value is -0.120. The summed E-state index contributed by atoms with van der Waals surface area (Å²) in [5.74, 6) is 0.839. The molecule has 0 spiro atoms. The lowest BCUT2D eigenvalue weighted by Crippen LogP contribution is -2.48. The largest absolute Gasteiger partial charge is 0.349 e. The molecule has 1 unspecified atom stereocenters. The summed E-state index contributed by atoms with van der Waals surface area (Å²) in [4.78, 5) is 11.2. The van der Waals surface area contributed by atoms with Gasteiger partial charge in [0.05, 0.1) is 6.61 Å². The Bertz CT molecular complexity index is 287. The standard InChI is InChI=1S/C14H24O3/c1-13-7-8-15-12(13)16-17-14(2,10-13)9-11-5-3-4-6-11/h11-12H,3-10H2,1-2H3/t12-,13+,14?/m1/s1. The summed E-state index contributed by atoms with van der Waals surface area (Å²) in [6, 6.07) is 0. The lowest BCUT2D eigenvalue weighted by molar-refractivity contribution is -0.463. The fourth-order valence-corrected chi connectivity index (χ4v) is 4.01. The van der Waals surface area contributed by atoms with Crippen LogP contribution in [-0.4, -0.2) is 18.5 Å². The predicted octanol–water partition coefficient (Wildman–Crippen LogP) is 3.43. The number of rotatable bonds is 2. The van der Waals surface area contributed by atoms with Gasteiger partial charge < -0.3 is 4.74 Å². The van der Waals surface area contributed by atoms with Gasteiger partial charge in [-0.05, 0) is 32.1 Å². The minimum absolute atomic E-state index is 0.103. The van der Waals surface area contributed by atoms with Crippen molar-refractivity contribution in [3.05, 3.63) is 0 Å². The Balaban J connectivity index is 1.66. The van der Waals surface area contributed by atoms with E-state index in [4.69, 9.17) is 14.5 Å². The van der Waals surface area contributed by atoms with Crippen LogP contribution in [0.3, 0.4) is 0 Å². The van der Waals surface area contributed by atoms with Crippen molar-refractivity contribution < 1.29 is 14.5 Å². The van der Waals surface area contributed by atoms with Crippen molar-refractivity contribution >= 4 is 0 Å². The maximum absolute atomic E-state index is 5.68. The average Bonchev–Trinajstić information content (AvgIpc) is 2.85. The number of ether oxygens (including phenoxy) is 1. The lowest BCUT2D eigenvalue weighted by Gasteiger charge is -2.44.